The Morgan fingerprint density at radius 3 is 2.67 bits per heavy atom. The maximum atomic E-state index is 14.5. The summed E-state index contributed by atoms with van der Waals surface area (Å²) < 4.78 is 32.8. The molecular weight excluding hydrogens is 430 g/mol. The molecule has 0 saturated carbocycles. The second kappa shape index (κ2) is 8.74. The van der Waals surface area contributed by atoms with Crippen LogP contribution in [0.5, 0.6) is 5.75 Å². The number of rotatable bonds is 6. The van der Waals surface area contributed by atoms with E-state index in [-0.39, 0.29) is 47.9 Å². The Bertz CT molecular complexity index is 1030. The van der Waals surface area contributed by atoms with E-state index in [1.165, 1.54) is 4.90 Å². The topological polar surface area (TPSA) is 91.4 Å². The summed E-state index contributed by atoms with van der Waals surface area (Å²) in [5.74, 6) is -0.00188. The van der Waals surface area contributed by atoms with E-state index >= 15 is 0 Å². The lowest BCUT2D eigenvalue weighted by atomic mass is 9.79. The minimum Gasteiger partial charge on any atom is -0.481 e. The van der Waals surface area contributed by atoms with Crippen LogP contribution in [0.4, 0.5) is 31.9 Å². The van der Waals surface area contributed by atoms with E-state index in [0.29, 0.717) is 17.1 Å². The van der Waals surface area contributed by atoms with Gasteiger partial charge in [0.1, 0.15) is 12.4 Å². The number of halogens is 2. The third-order valence-electron chi connectivity index (χ3n) is 5.74. The second-order valence-electron chi connectivity index (χ2n) is 9.86. The third-order valence-corrected chi connectivity index (χ3v) is 5.74. The number of nitrogens with one attached hydrogen (secondary N) is 3. The first kappa shape index (κ1) is 23.2. The average molecular weight is 461 g/mol. The van der Waals surface area contributed by atoms with Gasteiger partial charge in [0.2, 0.25) is 5.95 Å². The van der Waals surface area contributed by atoms with Crippen LogP contribution in [0, 0.1) is 5.82 Å². The number of aromatic nitrogens is 2. The quantitative estimate of drug-likeness (QED) is 0.604. The van der Waals surface area contributed by atoms with Gasteiger partial charge in [-0.15, -0.1) is 0 Å². The van der Waals surface area contributed by atoms with Crippen LogP contribution in [0.15, 0.2) is 24.4 Å². The van der Waals surface area contributed by atoms with Gasteiger partial charge in [0, 0.05) is 28.9 Å². The van der Waals surface area contributed by atoms with Gasteiger partial charge in [-0.3, -0.25) is 4.79 Å². The number of carbonyl (C=O) groups excluding carboxylic acids is 1. The number of fused-ring (bicyclic) bond motifs is 1. The average Bonchev–Trinajstić information content (AvgIpc) is 2.70. The first-order chi connectivity index (χ1) is 15.5. The van der Waals surface area contributed by atoms with Gasteiger partial charge >= 0.3 is 0 Å². The molecule has 0 unspecified atom stereocenters. The molecule has 2 aliphatic rings. The van der Waals surface area contributed by atoms with Crippen LogP contribution in [0.2, 0.25) is 0 Å². The molecule has 2 aromatic rings. The fourth-order valence-corrected chi connectivity index (χ4v) is 4.89. The van der Waals surface area contributed by atoms with Gasteiger partial charge in [0.05, 0.1) is 18.4 Å². The molecule has 1 fully saturated rings. The van der Waals surface area contributed by atoms with Crippen LogP contribution in [0.25, 0.3) is 0 Å². The largest absolute Gasteiger partial charge is 0.481 e. The molecule has 1 amide bonds. The van der Waals surface area contributed by atoms with Crippen molar-refractivity contribution in [3.05, 3.63) is 30.2 Å². The Morgan fingerprint density at radius 1 is 1.24 bits per heavy atom. The van der Waals surface area contributed by atoms with Crippen LogP contribution in [0.1, 0.15) is 40.5 Å². The minimum absolute atomic E-state index is 0.0254. The van der Waals surface area contributed by atoms with Crippen LogP contribution in [-0.4, -0.2) is 52.8 Å². The summed E-state index contributed by atoms with van der Waals surface area (Å²) in [6, 6.07) is 5.12. The van der Waals surface area contributed by atoms with Gasteiger partial charge in [0.25, 0.3) is 5.91 Å². The first-order valence-electron chi connectivity index (χ1n) is 11.0. The molecule has 3 N–H and O–H groups in total. The number of hydrogen-bond donors (Lipinski definition) is 3. The van der Waals surface area contributed by atoms with E-state index < -0.39 is 12.5 Å². The van der Waals surface area contributed by atoms with Crippen molar-refractivity contribution in [3.8, 4) is 5.75 Å². The van der Waals surface area contributed by atoms with E-state index in [1.807, 2.05) is 0 Å². The van der Waals surface area contributed by atoms with Crippen LogP contribution >= 0.6 is 0 Å². The van der Waals surface area contributed by atoms with Gasteiger partial charge in [-0.1, -0.05) is 0 Å². The second-order valence-corrected chi connectivity index (χ2v) is 9.86. The number of amides is 1. The van der Waals surface area contributed by atoms with Gasteiger partial charge in [0.15, 0.2) is 18.2 Å². The molecular formula is C23H30F2N6O2. The summed E-state index contributed by atoms with van der Waals surface area (Å²) in [4.78, 5) is 21.7. The Morgan fingerprint density at radius 2 is 1.97 bits per heavy atom. The third kappa shape index (κ3) is 5.32. The van der Waals surface area contributed by atoms with Crippen LogP contribution in [0.3, 0.4) is 0 Å². The number of hydrogen-bond acceptors (Lipinski definition) is 7. The molecule has 1 aromatic heterocycles. The van der Waals surface area contributed by atoms with Crippen molar-refractivity contribution in [2.75, 3.05) is 35.4 Å². The van der Waals surface area contributed by atoms with E-state index in [9.17, 15) is 13.6 Å². The van der Waals surface area contributed by atoms with Crippen molar-refractivity contribution in [2.45, 2.75) is 57.7 Å². The molecule has 2 aliphatic heterocycles. The smallest absolute Gasteiger partial charge is 0.265 e. The predicted molar refractivity (Wildman–Crippen MR) is 123 cm³/mol. The highest BCUT2D eigenvalue weighted by molar-refractivity contribution is 5.98. The number of ether oxygens (including phenoxy) is 1. The number of nitrogens with zero attached hydrogens (tertiary/aromatic N) is 3. The molecule has 0 radical (unpaired) electrons. The van der Waals surface area contributed by atoms with Gasteiger partial charge < -0.3 is 25.6 Å². The lowest BCUT2D eigenvalue weighted by Crippen LogP contribution is -2.60. The molecule has 33 heavy (non-hydrogen) atoms. The summed E-state index contributed by atoms with van der Waals surface area (Å²) in [6.45, 7) is 7.70. The molecule has 4 rings (SSSR count). The van der Waals surface area contributed by atoms with Crippen LogP contribution < -0.4 is 25.6 Å². The zero-order valence-electron chi connectivity index (χ0n) is 19.3. The maximum Gasteiger partial charge on any atom is 0.265 e. The lowest BCUT2D eigenvalue weighted by Gasteiger charge is -2.46. The molecule has 0 atom stereocenters. The summed E-state index contributed by atoms with van der Waals surface area (Å²) in [6.07, 6.45) is 2.77. The minimum atomic E-state index is -0.643. The van der Waals surface area contributed by atoms with E-state index in [2.05, 4.69) is 53.6 Å². The monoisotopic (exact) mass is 460 g/mol. The van der Waals surface area contributed by atoms with E-state index in [1.54, 1.807) is 18.2 Å². The molecule has 0 spiro atoms. The first-order valence-corrected chi connectivity index (χ1v) is 11.0. The fraction of sp³-hybridized carbons (Fsp3) is 0.522. The predicted octanol–water partition coefficient (Wildman–Crippen LogP) is 3.78. The Labute approximate surface area is 192 Å². The van der Waals surface area contributed by atoms with Gasteiger partial charge in [-0.25, -0.2) is 13.8 Å². The molecule has 10 heteroatoms. The summed E-state index contributed by atoms with van der Waals surface area (Å²) in [7, 11) is 0. The normalized spacial score (nSPS) is 19.6. The van der Waals surface area contributed by atoms with Crippen molar-refractivity contribution < 1.29 is 18.3 Å². The summed E-state index contributed by atoms with van der Waals surface area (Å²) in [5.41, 5.74) is 0.924. The zero-order valence-corrected chi connectivity index (χ0v) is 19.3. The molecule has 1 aromatic carbocycles. The SMILES string of the molecule is CC1(C)CC(Nc2nc(Nc3ccc4c(c3)OCC(=O)N4CCF)ncc2F)CC(C)(C)N1. The number of alkyl halides is 1. The van der Waals surface area contributed by atoms with Crippen molar-refractivity contribution in [3.63, 3.8) is 0 Å². The summed E-state index contributed by atoms with van der Waals surface area (Å²) in [5, 5.41) is 9.91. The van der Waals surface area contributed by atoms with Gasteiger partial charge in [-0.05, 0) is 52.7 Å². The molecule has 0 aliphatic carbocycles. The molecule has 3 heterocycles. The van der Waals surface area contributed by atoms with E-state index in [0.717, 1.165) is 19.0 Å². The molecule has 8 nitrogen and oxygen atoms in total. The number of piperidine rings is 1. The Hall–Kier alpha value is -3.01. The number of anilines is 4. The molecule has 0 bridgehead atoms. The van der Waals surface area contributed by atoms with Crippen molar-refractivity contribution in [2.24, 2.45) is 0 Å². The Balaban J connectivity index is 1.51. The van der Waals surface area contributed by atoms with Crippen LogP contribution in [-0.2, 0) is 4.79 Å². The summed E-state index contributed by atoms with van der Waals surface area (Å²) >= 11 is 0. The highest BCUT2D eigenvalue weighted by Crippen LogP contribution is 2.35. The highest BCUT2D eigenvalue weighted by atomic mass is 19.1. The van der Waals surface area contributed by atoms with Crippen molar-refractivity contribution >= 4 is 29.0 Å². The molecule has 178 valence electrons. The number of benzene rings is 1. The van der Waals surface area contributed by atoms with Crippen molar-refractivity contribution in [1.82, 2.24) is 15.3 Å². The maximum absolute atomic E-state index is 14.5. The molecule has 1 saturated heterocycles. The fourth-order valence-electron chi connectivity index (χ4n) is 4.89. The van der Waals surface area contributed by atoms with E-state index in [4.69, 9.17) is 4.74 Å². The lowest BCUT2D eigenvalue weighted by molar-refractivity contribution is -0.121. The number of carbonyl (C=O) groups is 1. The van der Waals surface area contributed by atoms with Gasteiger partial charge in [-0.2, -0.15) is 4.98 Å². The van der Waals surface area contributed by atoms with Crippen molar-refractivity contribution in [1.29, 1.82) is 0 Å². The Kier molecular flexibility index (Phi) is 6.13. The highest BCUT2D eigenvalue weighted by Gasteiger charge is 2.38. The standard InChI is InChI=1S/C23H30F2N6O2/c1-22(2)10-15(11-23(3,4)30-22)27-20-16(25)12-26-21(29-20)28-14-5-6-17-18(9-14)33-13-19(32)31(17)8-7-24/h5-6,9,12,15,30H,7-8,10-11,13H2,1-4H3,(H2,26,27,28,29). The zero-order chi connectivity index (χ0) is 23.8.